The average Bonchev–Trinajstić information content (AvgIpc) is 2.89. The lowest BCUT2D eigenvalue weighted by atomic mass is 10.2. The zero-order valence-electron chi connectivity index (χ0n) is 12.6. The average molecular weight is 288 g/mol. The normalized spacial score (nSPS) is 11.0. The van der Waals surface area contributed by atoms with Crippen molar-refractivity contribution in [1.82, 2.24) is 4.90 Å². The van der Waals surface area contributed by atoms with Crippen LogP contribution < -0.4 is 5.32 Å². The number of anilines is 1. The minimum Gasteiger partial charge on any atom is -0.380 e. The Kier molecular flexibility index (Phi) is 5.62. The van der Waals surface area contributed by atoms with Crippen LogP contribution in [0.3, 0.4) is 0 Å². The Morgan fingerprint density at radius 3 is 2.55 bits per heavy atom. The van der Waals surface area contributed by atoms with Gasteiger partial charge in [-0.25, -0.2) is 0 Å². The highest BCUT2D eigenvalue weighted by Crippen LogP contribution is 2.18. The maximum absolute atomic E-state index is 3.52. The van der Waals surface area contributed by atoms with Gasteiger partial charge in [0.25, 0.3) is 0 Å². The zero-order valence-corrected chi connectivity index (χ0v) is 13.5. The van der Waals surface area contributed by atoms with Crippen LogP contribution in [-0.4, -0.2) is 18.0 Å². The van der Waals surface area contributed by atoms with E-state index in [0.29, 0.717) is 0 Å². The van der Waals surface area contributed by atoms with Crippen LogP contribution in [0.5, 0.6) is 0 Å². The van der Waals surface area contributed by atoms with Crippen molar-refractivity contribution < 1.29 is 0 Å². The molecule has 1 heterocycles. The molecule has 108 valence electrons. The first-order chi connectivity index (χ1) is 9.71. The molecule has 20 heavy (non-hydrogen) atoms. The summed E-state index contributed by atoms with van der Waals surface area (Å²) in [5, 5.41) is 3.52. The summed E-state index contributed by atoms with van der Waals surface area (Å²) in [6, 6.07) is 13.1. The first kappa shape index (κ1) is 15.1. The van der Waals surface area contributed by atoms with Crippen molar-refractivity contribution in [3.63, 3.8) is 0 Å². The predicted octanol–water partition coefficient (Wildman–Crippen LogP) is 4.51. The van der Waals surface area contributed by atoms with Gasteiger partial charge in [-0.1, -0.05) is 26.0 Å². The Hall–Kier alpha value is -1.32. The highest BCUT2D eigenvalue weighted by molar-refractivity contribution is 7.11. The molecule has 0 bridgehead atoms. The molecule has 2 nitrogen and oxygen atoms in total. The quantitative estimate of drug-likeness (QED) is 0.806. The number of hydrogen-bond donors (Lipinski definition) is 1. The third kappa shape index (κ3) is 4.36. The Balaban J connectivity index is 1.95. The van der Waals surface area contributed by atoms with Crippen LogP contribution in [0, 0.1) is 6.92 Å². The second-order valence-corrected chi connectivity index (χ2v) is 6.40. The first-order valence-electron chi connectivity index (χ1n) is 7.31. The Labute approximate surface area is 126 Å². The van der Waals surface area contributed by atoms with Gasteiger partial charge in [0.1, 0.15) is 0 Å². The number of hydrogen-bond acceptors (Lipinski definition) is 3. The van der Waals surface area contributed by atoms with Crippen LogP contribution in [0.1, 0.15) is 29.2 Å². The van der Waals surface area contributed by atoms with Gasteiger partial charge in [-0.15, -0.1) is 11.3 Å². The van der Waals surface area contributed by atoms with E-state index >= 15 is 0 Å². The number of benzene rings is 1. The van der Waals surface area contributed by atoms with Crippen molar-refractivity contribution in [3.05, 3.63) is 51.7 Å². The van der Waals surface area contributed by atoms with E-state index < -0.39 is 0 Å². The molecule has 2 aromatic rings. The van der Waals surface area contributed by atoms with Crippen LogP contribution in [0.15, 0.2) is 36.4 Å². The van der Waals surface area contributed by atoms with Gasteiger partial charge in [0.05, 0.1) is 0 Å². The highest BCUT2D eigenvalue weighted by Gasteiger charge is 2.02. The highest BCUT2D eigenvalue weighted by atomic mass is 32.1. The molecule has 3 heteroatoms. The van der Waals surface area contributed by atoms with E-state index in [9.17, 15) is 0 Å². The van der Waals surface area contributed by atoms with E-state index in [4.69, 9.17) is 0 Å². The lowest BCUT2D eigenvalue weighted by Gasteiger charge is -2.18. The Morgan fingerprint density at radius 2 is 1.90 bits per heavy atom. The summed E-state index contributed by atoms with van der Waals surface area (Å²) in [5.41, 5.74) is 2.58. The van der Waals surface area contributed by atoms with Gasteiger partial charge >= 0.3 is 0 Å². The van der Waals surface area contributed by atoms with E-state index in [1.54, 1.807) is 0 Å². The minimum absolute atomic E-state index is 0.910. The second kappa shape index (κ2) is 7.46. The summed E-state index contributed by atoms with van der Waals surface area (Å²) >= 11 is 1.86. The van der Waals surface area contributed by atoms with Crippen molar-refractivity contribution in [3.8, 4) is 0 Å². The standard InChI is InChI=1S/C17H24N2S/c1-4-19(5-2)13-15-7-6-8-16(11-15)18-12-17-10-9-14(3)20-17/h6-11,18H,4-5,12-13H2,1-3H3. The molecular weight excluding hydrogens is 264 g/mol. The molecule has 0 radical (unpaired) electrons. The van der Waals surface area contributed by atoms with E-state index in [2.05, 4.69) is 67.4 Å². The summed E-state index contributed by atoms with van der Waals surface area (Å²) < 4.78 is 0. The van der Waals surface area contributed by atoms with Crippen LogP contribution in [0.2, 0.25) is 0 Å². The maximum atomic E-state index is 3.52. The Morgan fingerprint density at radius 1 is 1.10 bits per heavy atom. The number of rotatable bonds is 7. The molecular formula is C17H24N2S. The molecule has 0 aliphatic carbocycles. The molecule has 2 rings (SSSR count). The third-order valence-electron chi connectivity index (χ3n) is 3.49. The fourth-order valence-corrected chi connectivity index (χ4v) is 3.08. The van der Waals surface area contributed by atoms with E-state index in [0.717, 1.165) is 26.2 Å². The topological polar surface area (TPSA) is 15.3 Å². The minimum atomic E-state index is 0.910. The Bertz CT molecular complexity index is 529. The van der Waals surface area contributed by atoms with Gasteiger partial charge in [-0.05, 0) is 49.8 Å². The van der Waals surface area contributed by atoms with Gasteiger partial charge in [0, 0.05) is 28.5 Å². The van der Waals surface area contributed by atoms with Crippen LogP contribution in [-0.2, 0) is 13.1 Å². The summed E-state index contributed by atoms with van der Waals surface area (Å²) in [6.45, 7) is 10.7. The molecule has 0 fully saturated rings. The fourth-order valence-electron chi connectivity index (χ4n) is 2.25. The van der Waals surface area contributed by atoms with Crippen LogP contribution in [0.25, 0.3) is 0 Å². The number of aryl methyl sites for hydroxylation is 1. The molecule has 0 aliphatic rings. The number of thiophene rings is 1. The predicted molar refractivity (Wildman–Crippen MR) is 89.4 cm³/mol. The molecule has 0 unspecified atom stereocenters. The van der Waals surface area contributed by atoms with E-state index in [1.165, 1.54) is 21.0 Å². The van der Waals surface area contributed by atoms with E-state index in [1.807, 2.05) is 11.3 Å². The molecule has 0 saturated heterocycles. The van der Waals surface area contributed by atoms with Crippen molar-refractivity contribution in [2.75, 3.05) is 18.4 Å². The summed E-state index contributed by atoms with van der Waals surface area (Å²) in [6.07, 6.45) is 0. The number of nitrogens with zero attached hydrogens (tertiary/aromatic N) is 1. The molecule has 0 amide bonds. The molecule has 0 aliphatic heterocycles. The maximum Gasteiger partial charge on any atom is 0.0494 e. The van der Waals surface area contributed by atoms with Gasteiger partial charge in [-0.2, -0.15) is 0 Å². The smallest absolute Gasteiger partial charge is 0.0494 e. The molecule has 1 aromatic carbocycles. The second-order valence-electron chi connectivity index (χ2n) is 5.03. The third-order valence-corrected chi connectivity index (χ3v) is 4.49. The number of nitrogens with one attached hydrogen (secondary N) is 1. The van der Waals surface area contributed by atoms with Gasteiger partial charge in [0.2, 0.25) is 0 Å². The largest absolute Gasteiger partial charge is 0.380 e. The molecule has 0 saturated carbocycles. The van der Waals surface area contributed by atoms with Crippen LogP contribution in [0.4, 0.5) is 5.69 Å². The molecule has 0 atom stereocenters. The van der Waals surface area contributed by atoms with Crippen molar-refractivity contribution in [1.29, 1.82) is 0 Å². The van der Waals surface area contributed by atoms with Gasteiger partial charge in [-0.3, -0.25) is 4.90 Å². The lowest BCUT2D eigenvalue weighted by molar-refractivity contribution is 0.296. The van der Waals surface area contributed by atoms with Crippen molar-refractivity contribution in [2.45, 2.75) is 33.9 Å². The SMILES string of the molecule is CCN(CC)Cc1cccc(NCc2ccc(C)s2)c1. The first-order valence-corrected chi connectivity index (χ1v) is 8.13. The summed E-state index contributed by atoms with van der Waals surface area (Å²) in [4.78, 5) is 5.19. The van der Waals surface area contributed by atoms with Gasteiger partial charge < -0.3 is 5.32 Å². The van der Waals surface area contributed by atoms with Crippen molar-refractivity contribution in [2.24, 2.45) is 0 Å². The molecule has 1 N–H and O–H groups in total. The lowest BCUT2D eigenvalue weighted by Crippen LogP contribution is -2.22. The summed E-state index contributed by atoms with van der Waals surface area (Å²) in [7, 11) is 0. The van der Waals surface area contributed by atoms with Crippen LogP contribution >= 0.6 is 11.3 Å². The van der Waals surface area contributed by atoms with Crippen molar-refractivity contribution >= 4 is 17.0 Å². The molecule has 0 spiro atoms. The fraction of sp³-hybridized carbons (Fsp3) is 0.412. The molecule has 1 aromatic heterocycles. The monoisotopic (exact) mass is 288 g/mol. The summed E-state index contributed by atoms with van der Waals surface area (Å²) in [5.74, 6) is 0. The van der Waals surface area contributed by atoms with E-state index in [-0.39, 0.29) is 0 Å². The zero-order chi connectivity index (χ0) is 14.4. The van der Waals surface area contributed by atoms with Gasteiger partial charge in [0.15, 0.2) is 0 Å².